The molecule has 19 heavy (non-hydrogen) atoms. The fraction of sp³-hybridized carbons (Fsp3) is 0.312. The van der Waals surface area contributed by atoms with Gasteiger partial charge in [-0.1, -0.05) is 36.4 Å². The van der Waals surface area contributed by atoms with Crippen molar-refractivity contribution in [3.63, 3.8) is 0 Å². The van der Waals surface area contributed by atoms with Crippen LogP contribution in [0.25, 0.3) is 0 Å². The van der Waals surface area contributed by atoms with E-state index in [2.05, 4.69) is 11.0 Å². The van der Waals surface area contributed by atoms with Gasteiger partial charge in [0, 0.05) is 30.8 Å². The lowest BCUT2D eigenvalue weighted by Crippen LogP contribution is -2.38. The molecule has 1 atom stereocenters. The third-order valence-corrected chi connectivity index (χ3v) is 3.61. The Balaban J connectivity index is 1.97. The van der Waals surface area contributed by atoms with Crippen molar-refractivity contribution in [1.82, 2.24) is 0 Å². The fourth-order valence-corrected chi connectivity index (χ4v) is 2.60. The van der Waals surface area contributed by atoms with Gasteiger partial charge >= 0.3 is 0 Å². The van der Waals surface area contributed by atoms with Crippen molar-refractivity contribution in [3.8, 4) is 0 Å². The predicted octanol–water partition coefficient (Wildman–Crippen LogP) is 2.04. The lowest BCUT2D eigenvalue weighted by atomic mass is 9.86. The minimum Gasteiger partial charge on any atom is -0.380 e. The van der Waals surface area contributed by atoms with Crippen LogP contribution in [0.5, 0.6) is 0 Å². The molecule has 1 saturated heterocycles. The Morgan fingerprint density at radius 2 is 1.84 bits per heavy atom. The van der Waals surface area contributed by atoms with E-state index in [4.69, 9.17) is 4.74 Å². The molecular weight excluding hydrogens is 238 g/mol. The molecule has 1 N–H and O–H groups in total. The van der Waals surface area contributed by atoms with Crippen LogP contribution in [0.15, 0.2) is 48.6 Å². The Bertz CT molecular complexity index is 503. The molecule has 1 aromatic carbocycles. The van der Waals surface area contributed by atoms with Crippen LogP contribution in [-0.2, 0) is 10.3 Å². The maximum atomic E-state index is 10.8. The van der Waals surface area contributed by atoms with Gasteiger partial charge in [0.15, 0.2) is 0 Å². The Hall–Kier alpha value is -1.58. The summed E-state index contributed by atoms with van der Waals surface area (Å²) in [6.45, 7) is 3.22. The summed E-state index contributed by atoms with van der Waals surface area (Å²) in [5.74, 6) is 0. The topological polar surface area (TPSA) is 32.7 Å². The van der Waals surface area contributed by atoms with Crippen molar-refractivity contribution in [2.24, 2.45) is 0 Å². The maximum Gasteiger partial charge on any atom is 0.117 e. The summed E-state index contributed by atoms with van der Waals surface area (Å²) in [5.41, 5.74) is 1.01. The summed E-state index contributed by atoms with van der Waals surface area (Å²) in [4.78, 5) is 2.27. The number of hydrogen-bond acceptors (Lipinski definition) is 3. The van der Waals surface area contributed by atoms with Crippen molar-refractivity contribution < 1.29 is 9.84 Å². The SMILES string of the molecule is OC1(c2ccccc2N2CCOCC2)[CH]C=CC=C1. The van der Waals surface area contributed by atoms with Crippen LogP contribution >= 0.6 is 0 Å². The first-order valence-electron chi connectivity index (χ1n) is 6.65. The molecule has 1 radical (unpaired) electrons. The number of allylic oxidation sites excluding steroid dienone is 2. The zero-order valence-electron chi connectivity index (χ0n) is 10.8. The van der Waals surface area contributed by atoms with E-state index in [0.29, 0.717) is 0 Å². The smallest absolute Gasteiger partial charge is 0.117 e. The van der Waals surface area contributed by atoms with E-state index < -0.39 is 5.60 Å². The molecule has 1 fully saturated rings. The molecular formula is C16H18NO2. The molecule has 3 rings (SSSR count). The zero-order valence-corrected chi connectivity index (χ0v) is 10.8. The minimum atomic E-state index is -1.01. The molecule has 0 spiro atoms. The Labute approximate surface area is 113 Å². The summed E-state index contributed by atoms with van der Waals surface area (Å²) in [5, 5.41) is 10.8. The molecule has 0 amide bonds. The molecule has 1 aliphatic heterocycles. The van der Waals surface area contributed by atoms with E-state index in [9.17, 15) is 5.11 Å². The van der Waals surface area contributed by atoms with Crippen molar-refractivity contribution >= 4 is 5.69 Å². The van der Waals surface area contributed by atoms with Crippen LogP contribution in [0.1, 0.15) is 5.56 Å². The van der Waals surface area contributed by atoms with Crippen molar-refractivity contribution in [2.75, 3.05) is 31.2 Å². The fourth-order valence-electron chi connectivity index (χ4n) is 2.60. The van der Waals surface area contributed by atoms with Crippen LogP contribution < -0.4 is 4.90 Å². The summed E-state index contributed by atoms with van der Waals surface area (Å²) in [7, 11) is 0. The number of para-hydroxylation sites is 1. The summed E-state index contributed by atoms with van der Waals surface area (Å²) >= 11 is 0. The molecule has 3 nitrogen and oxygen atoms in total. The molecule has 1 aromatic rings. The molecule has 99 valence electrons. The standard InChI is InChI=1S/C16H18NO2/c18-16(8-4-1-5-9-16)14-6-2-3-7-15(14)17-10-12-19-13-11-17/h1-9,18H,10-13H2. The van der Waals surface area contributed by atoms with Crippen LogP contribution in [0, 0.1) is 6.42 Å². The quantitative estimate of drug-likeness (QED) is 0.879. The number of benzene rings is 1. The Kier molecular flexibility index (Phi) is 3.40. The molecule has 3 heteroatoms. The summed E-state index contributed by atoms with van der Waals surface area (Å²) in [6, 6.07) is 8.04. The predicted molar refractivity (Wildman–Crippen MR) is 76.0 cm³/mol. The van der Waals surface area contributed by atoms with E-state index >= 15 is 0 Å². The average molecular weight is 256 g/mol. The number of rotatable bonds is 2. The van der Waals surface area contributed by atoms with Gasteiger partial charge in [-0.3, -0.25) is 0 Å². The van der Waals surface area contributed by atoms with E-state index in [0.717, 1.165) is 37.6 Å². The van der Waals surface area contributed by atoms with Gasteiger partial charge in [0.2, 0.25) is 0 Å². The minimum absolute atomic E-state index is 0.742. The van der Waals surface area contributed by atoms with Gasteiger partial charge in [-0.05, 0) is 12.1 Å². The van der Waals surface area contributed by atoms with E-state index in [1.54, 1.807) is 0 Å². The molecule has 2 aliphatic rings. The normalized spacial score (nSPS) is 26.7. The van der Waals surface area contributed by atoms with E-state index in [1.807, 2.05) is 48.9 Å². The molecule has 1 unspecified atom stereocenters. The first-order valence-corrected chi connectivity index (χ1v) is 6.65. The van der Waals surface area contributed by atoms with Gasteiger partial charge in [0.05, 0.1) is 13.2 Å². The molecule has 0 saturated carbocycles. The van der Waals surface area contributed by atoms with E-state index in [1.165, 1.54) is 0 Å². The van der Waals surface area contributed by atoms with Gasteiger partial charge in [0.1, 0.15) is 5.60 Å². The monoisotopic (exact) mass is 256 g/mol. The number of morpholine rings is 1. The van der Waals surface area contributed by atoms with Crippen molar-refractivity contribution in [3.05, 3.63) is 60.6 Å². The summed E-state index contributed by atoms with van der Waals surface area (Å²) < 4.78 is 5.39. The second-order valence-electron chi connectivity index (χ2n) is 4.85. The van der Waals surface area contributed by atoms with Gasteiger partial charge in [0.25, 0.3) is 0 Å². The van der Waals surface area contributed by atoms with Crippen LogP contribution in [0.4, 0.5) is 5.69 Å². The third-order valence-electron chi connectivity index (χ3n) is 3.61. The Morgan fingerprint density at radius 1 is 1.05 bits per heavy atom. The largest absolute Gasteiger partial charge is 0.380 e. The number of nitrogens with zero attached hydrogens (tertiary/aromatic N) is 1. The van der Waals surface area contributed by atoms with Crippen molar-refractivity contribution in [2.45, 2.75) is 5.60 Å². The molecule has 0 aromatic heterocycles. The number of aliphatic hydroxyl groups is 1. The maximum absolute atomic E-state index is 10.8. The number of ether oxygens (including phenoxy) is 1. The molecule has 0 bridgehead atoms. The van der Waals surface area contributed by atoms with Gasteiger partial charge < -0.3 is 14.7 Å². The van der Waals surface area contributed by atoms with Gasteiger partial charge in [-0.25, -0.2) is 0 Å². The molecule has 1 aliphatic carbocycles. The second kappa shape index (κ2) is 5.19. The highest BCUT2D eigenvalue weighted by Gasteiger charge is 2.30. The highest BCUT2D eigenvalue weighted by Crippen LogP contribution is 2.35. The number of hydrogen-bond donors (Lipinski definition) is 1. The van der Waals surface area contributed by atoms with Crippen LogP contribution in [-0.4, -0.2) is 31.4 Å². The average Bonchev–Trinajstić information content (AvgIpc) is 2.49. The third kappa shape index (κ3) is 2.44. The number of anilines is 1. The van der Waals surface area contributed by atoms with Crippen LogP contribution in [0.3, 0.4) is 0 Å². The van der Waals surface area contributed by atoms with Gasteiger partial charge in [-0.2, -0.15) is 0 Å². The lowest BCUT2D eigenvalue weighted by Gasteiger charge is -2.35. The van der Waals surface area contributed by atoms with Gasteiger partial charge in [-0.15, -0.1) is 0 Å². The van der Waals surface area contributed by atoms with Crippen LogP contribution in [0.2, 0.25) is 0 Å². The first-order chi connectivity index (χ1) is 9.30. The highest BCUT2D eigenvalue weighted by atomic mass is 16.5. The first kappa shape index (κ1) is 12.5. The van der Waals surface area contributed by atoms with Crippen molar-refractivity contribution in [1.29, 1.82) is 0 Å². The highest BCUT2D eigenvalue weighted by molar-refractivity contribution is 5.59. The summed E-state index contributed by atoms with van der Waals surface area (Å²) in [6.07, 6.45) is 9.34. The lowest BCUT2D eigenvalue weighted by molar-refractivity contribution is 0.118. The Morgan fingerprint density at radius 3 is 2.58 bits per heavy atom. The zero-order chi connectivity index (χ0) is 13.1. The molecule has 1 heterocycles. The van der Waals surface area contributed by atoms with E-state index in [-0.39, 0.29) is 0 Å². The second-order valence-corrected chi connectivity index (χ2v) is 4.85.